The molecule has 0 amide bonds. The van der Waals surface area contributed by atoms with Crippen molar-refractivity contribution in [2.75, 3.05) is 32.8 Å². The highest BCUT2D eigenvalue weighted by Gasteiger charge is 2.25. The summed E-state index contributed by atoms with van der Waals surface area (Å²) in [6.45, 7) is 5.32. The molecule has 1 aliphatic heterocycles. The van der Waals surface area contributed by atoms with E-state index in [0.717, 1.165) is 22.2 Å². The molecule has 0 aliphatic carbocycles. The minimum Gasteiger partial charge on any atom is -0.379 e. The molecule has 1 heterocycles. The van der Waals surface area contributed by atoms with E-state index in [4.69, 9.17) is 4.74 Å². The van der Waals surface area contributed by atoms with Crippen molar-refractivity contribution in [3.05, 3.63) is 63.2 Å². The van der Waals surface area contributed by atoms with Crippen molar-refractivity contribution in [1.82, 2.24) is 9.62 Å². The second kappa shape index (κ2) is 8.79. The number of halogens is 1. The van der Waals surface area contributed by atoms with Gasteiger partial charge in [0.05, 0.1) is 18.1 Å². The van der Waals surface area contributed by atoms with E-state index in [1.165, 1.54) is 5.56 Å². The summed E-state index contributed by atoms with van der Waals surface area (Å²) in [6, 6.07) is 15.1. The SMILES string of the molecule is Cc1ccc([C@H](CNS(=O)(=O)c2ccc(I)cc2)N2CCOCC2)cc1. The van der Waals surface area contributed by atoms with Crippen molar-refractivity contribution in [2.24, 2.45) is 0 Å². The van der Waals surface area contributed by atoms with Gasteiger partial charge >= 0.3 is 0 Å². The first-order chi connectivity index (χ1) is 12.5. The Morgan fingerprint density at radius 2 is 1.69 bits per heavy atom. The topological polar surface area (TPSA) is 58.6 Å². The number of hydrogen-bond acceptors (Lipinski definition) is 4. The highest BCUT2D eigenvalue weighted by Crippen LogP contribution is 2.23. The van der Waals surface area contributed by atoms with Crippen LogP contribution >= 0.6 is 22.6 Å². The van der Waals surface area contributed by atoms with Crippen molar-refractivity contribution < 1.29 is 13.2 Å². The van der Waals surface area contributed by atoms with E-state index < -0.39 is 10.0 Å². The Balaban J connectivity index is 1.78. The molecular weight excluding hydrogens is 463 g/mol. The zero-order valence-corrected chi connectivity index (χ0v) is 17.7. The average molecular weight is 486 g/mol. The molecular formula is C19H23IN2O3S. The number of nitrogens with zero attached hydrogens (tertiary/aromatic N) is 1. The summed E-state index contributed by atoms with van der Waals surface area (Å²) >= 11 is 2.16. The van der Waals surface area contributed by atoms with E-state index in [2.05, 4.69) is 56.5 Å². The number of morpholine rings is 1. The van der Waals surface area contributed by atoms with Crippen molar-refractivity contribution in [3.8, 4) is 0 Å². The number of sulfonamides is 1. The van der Waals surface area contributed by atoms with Crippen LogP contribution in [0.15, 0.2) is 53.4 Å². The predicted molar refractivity (Wildman–Crippen MR) is 111 cm³/mol. The van der Waals surface area contributed by atoms with Gasteiger partial charge in [-0.05, 0) is 59.3 Å². The van der Waals surface area contributed by atoms with E-state index in [1.54, 1.807) is 24.3 Å². The first-order valence-corrected chi connectivity index (χ1v) is 11.2. The molecule has 2 aromatic rings. The molecule has 0 bridgehead atoms. The Bertz CT molecular complexity index is 817. The molecule has 0 saturated carbocycles. The van der Waals surface area contributed by atoms with Crippen LogP contribution in [0.5, 0.6) is 0 Å². The Morgan fingerprint density at radius 3 is 2.31 bits per heavy atom. The van der Waals surface area contributed by atoms with Gasteiger partial charge in [0.2, 0.25) is 10.0 Å². The summed E-state index contributed by atoms with van der Waals surface area (Å²) in [5.74, 6) is 0. The van der Waals surface area contributed by atoms with Gasteiger partial charge < -0.3 is 4.74 Å². The average Bonchev–Trinajstić information content (AvgIpc) is 2.64. The van der Waals surface area contributed by atoms with Gasteiger partial charge in [-0.3, -0.25) is 4.90 Å². The molecule has 0 unspecified atom stereocenters. The number of hydrogen-bond donors (Lipinski definition) is 1. The van der Waals surface area contributed by atoms with Gasteiger partial charge in [0.15, 0.2) is 0 Å². The van der Waals surface area contributed by atoms with Gasteiger partial charge in [-0.15, -0.1) is 0 Å². The number of rotatable bonds is 6. The van der Waals surface area contributed by atoms with Gasteiger partial charge in [0.25, 0.3) is 0 Å². The monoisotopic (exact) mass is 486 g/mol. The van der Waals surface area contributed by atoms with Crippen molar-refractivity contribution in [1.29, 1.82) is 0 Å². The molecule has 7 heteroatoms. The van der Waals surface area contributed by atoms with Gasteiger partial charge in [-0.1, -0.05) is 29.8 Å². The summed E-state index contributed by atoms with van der Waals surface area (Å²) in [5, 5.41) is 0. The molecule has 1 aliphatic rings. The number of nitrogens with one attached hydrogen (secondary N) is 1. The van der Waals surface area contributed by atoms with Crippen molar-refractivity contribution in [2.45, 2.75) is 17.9 Å². The van der Waals surface area contributed by atoms with Crippen LogP contribution in [0.2, 0.25) is 0 Å². The largest absolute Gasteiger partial charge is 0.379 e. The lowest BCUT2D eigenvalue weighted by molar-refractivity contribution is 0.0172. The van der Waals surface area contributed by atoms with Crippen LogP contribution in [-0.2, 0) is 14.8 Å². The van der Waals surface area contributed by atoms with Gasteiger partial charge in [0, 0.05) is 29.2 Å². The molecule has 26 heavy (non-hydrogen) atoms. The van der Waals surface area contributed by atoms with Crippen LogP contribution in [-0.4, -0.2) is 46.2 Å². The van der Waals surface area contributed by atoms with E-state index in [0.29, 0.717) is 24.7 Å². The molecule has 1 fully saturated rings. The third-order valence-electron chi connectivity index (χ3n) is 4.54. The Kier molecular flexibility index (Phi) is 6.68. The van der Waals surface area contributed by atoms with Gasteiger partial charge in [-0.25, -0.2) is 13.1 Å². The fourth-order valence-electron chi connectivity index (χ4n) is 3.02. The summed E-state index contributed by atoms with van der Waals surface area (Å²) in [6.07, 6.45) is 0. The molecule has 140 valence electrons. The second-order valence-corrected chi connectivity index (χ2v) is 9.39. The van der Waals surface area contributed by atoms with Crippen LogP contribution in [0.25, 0.3) is 0 Å². The lowest BCUT2D eigenvalue weighted by Gasteiger charge is -2.35. The number of benzene rings is 2. The first kappa shape index (κ1) is 19.8. The third-order valence-corrected chi connectivity index (χ3v) is 6.70. The molecule has 0 spiro atoms. The predicted octanol–water partition coefficient (Wildman–Crippen LogP) is 2.95. The minimum absolute atomic E-state index is 0.0156. The van der Waals surface area contributed by atoms with Crippen LogP contribution in [0.3, 0.4) is 0 Å². The molecule has 0 aromatic heterocycles. The summed E-state index contributed by atoms with van der Waals surface area (Å²) in [7, 11) is -3.54. The van der Waals surface area contributed by atoms with E-state index in [9.17, 15) is 8.42 Å². The smallest absolute Gasteiger partial charge is 0.240 e. The fraction of sp³-hybridized carbons (Fsp3) is 0.368. The van der Waals surface area contributed by atoms with E-state index >= 15 is 0 Å². The van der Waals surface area contributed by atoms with E-state index in [-0.39, 0.29) is 6.04 Å². The molecule has 1 N–H and O–H groups in total. The summed E-state index contributed by atoms with van der Waals surface area (Å²) in [5.41, 5.74) is 2.30. The maximum absolute atomic E-state index is 12.7. The third kappa shape index (κ3) is 5.04. The van der Waals surface area contributed by atoms with Crippen LogP contribution in [0.4, 0.5) is 0 Å². The summed E-state index contributed by atoms with van der Waals surface area (Å²) < 4.78 is 34.6. The van der Waals surface area contributed by atoms with E-state index in [1.807, 2.05) is 6.92 Å². The molecule has 5 nitrogen and oxygen atoms in total. The zero-order chi connectivity index (χ0) is 18.6. The normalized spacial score (nSPS) is 17.2. The van der Waals surface area contributed by atoms with Gasteiger partial charge in [0.1, 0.15) is 0 Å². The first-order valence-electron chi connectivity index (χ1n) is 8.59. The number of ether oxygens (including phenoxy) is 1. The Morgan fingerprint density at radius 1 is 1.08 bits per heavy atom. The zero-order valence-electron chi connectivity index (χ0n) is 14.7. The summed E-state index contributed by atoms with van der Waals surface area (Å²) in [4.78, 5) is 2.58. The van der Waals surface area contributed by atoms with Crippen molar-refractivity contribution >= 4 is 32.6 Å². The Labute approximate surface area is 168 Å². The van der Waals surface area contributed by atoms with Gasteiger partial charge in [-0.2, -0.15) is 0 Å². The molecule has 1 atom stereocenters. The molecule has 2 aromatic carbocycles. The number of aryl methyl sites for hydroxylation is 1. The van der Waals surface area contributed by atoms with Crippen LogP contribution < -0.4 is 4.72 Å². The maximum Gasteiger partial charge on any atom is 0.240 e. The molecule has 1 saturated heterocycles. The fourth-order valence-corrected chi connectivity index (χ4v) is 4.42. The standard InChI is InChI=1S/C19H23IN2O3S/c1-15-2-4-16(5-3-15)19(22-10-12-25-13-11-22)14-21-26(23,24)18-8-6-17(20)7-9-18/h2-9,19,21H,10-14H2,1H3/t19-/m0/s1. The second-order valence-electron chi connectivity index (χ2n) is 6.38. The quantitative estimate of drug-likeness (QED) is 0.639. The maximum atomic E-state index is 12.7. The molecule has 3 rings (SSSR count). The Hall–Kier alpha value is -1.00. The van der Waals surface area contributed by atoms with Crippen LogP contribution in [0, 0.1) is 10.5 Å². The highest BCUT2D eigenvalue weighted by atomic mass is 127. The van der Waals surface area contributed by atoms with Crippen molar-refractivity contribution in [3.63, 3.8) is 0 Å². The minimum atomic E-state index is -3.54. The lowest BCUT2D eigenvalue weighted by atomic mass is 10.0. The van der Waals surface area contributed by atoms with Crippen LogP contribution in [0.1, 0.15) is 17.2 Å². The highest BCUT2D eigenvalue weighted by molar-refractivity contribution is 14.1. The molecule has 0 radical (unpaired) electrons. The lowest BCUT2D eigenvalue weighted by Crippen LogP contribution is -2.43.